The predicted molar refractivity (Wildman–Crippen MR) is 60.3 cm³/mol. The molecular weight excluding hydrogens is 172 g/mol. The molecule has 0 fully saturated rings. The number of rotatable bonds is 1. The molecule has 0 aromatic carbocycles. The molecule has 2 aromatic rings. The van der Waals surface area contributed by atoms with E-state index in [1.54, 1.807) is 6.20 Å². The molecule has 14 heavy (non-hydrogen) atoms. The van der Waals surface area contributed by atoms with Gasteiger partial charge in [-0.1, -0.05) is 20.8 Å². The van der Waals surface area contributed by atoms with Crippen LogP contribution in [0.2, 0.25) is 0 Å². The second-order valence-electron chi connectivity index (χ2n) is 2.74. The molecule has 2 rings (SSSR count). The summed E-state index contributed by atoms with van der Waals surface area (Å²) in [6.07, 6.45) is 4.72. The lowest BCUT2D eigenvalue weighted by Gasteiger charge is -1.97. The number of pyridine rings is 2. The Balaban J connectivity index is 0.000000461. The highest BCUT2D eigenvalue weighted by atomic mass is 14.7. The number of aryl methyl sites for hydroxylation is 1. The quantitative estimate of drug-likeness (QED) is 0.686. The molecule has 0 aliphatic carbocycles. The molecule has 2 heterocycles. The van der Waals surface area contributed by atoms with Crippen molar-refractivity contribution in [1.29, 1.82) is 0 Å². The van der Waals surface area contributed by atoms with Gasteiger partial charge in [0.2, 0.25) is 0 Å². The average Bonchev–Trinajstić information content (AvgIpc) is 2.31. The Bertz CT molecular complexity index is 396. The highest BCUT2D eigenvalue weighted by Gasteiger charge is 1.94. The van der Waals surface area contributed by atoms with Crippen molar-refractivity contribution in [3.63, 3.8) is 0 Å². The van der Waals surface area contributed by atoms with Crippen molar-refractivity contribution < 1.29 is 0 Å². The van der Waals surface area contributed by atoms with Gasteiger partial charge in [0.05, 0.1) is 11.0 Å². The first-order valence-corrected chi connectivity index (χ1v) is 5.10. The summed E-state index contributed by atoms with van der Waals surface area (Å²) in [5.41, 5.74) is 3.19. The van der Waals surface area contributed by atoms with Gasteiger partial charge in [-0.05, 0) is 30.2 Å². The van der Waals surface area contributed by atoms with Gasteiger partial charge in [0, 0.05) is 12.4 Å². The van der Waals surface area contributed by atoms with Gasteiger partial charge < -0.3 is 0 Å². The lowest BCUT2D eigenvalue weighted by Crippen LogP contribution is -1.86. The number of fused-ring (bicyclic) bond motifs is 1. The second-order valence-corrected chi connectivity index (χ2v) is 2.74. The monoisotopic (exact) mass is 188 g/mol. The summed E-state index contributed by atoms with van der Waals surface area (Å²) in [7, 11) is 0. The van der Waals surface area contributed by atoms with Crippen LogP contribution in [-0.4, -0.2) is 9.97 Å². The molecule has 0 saturated carbocycles. The van der Waals surface area contributed by atoms with Crippen LogP contribution in [0.5, 0.6) is 0 Å². The topological polar surface area (TPSA) is 25.8 Å². The van der Waals surface area contributed by atoms with E-state index in [-0.39, 0.29) is 0 Å². The van der Waals surface area contributed by atoms with Crippen LogP contribution in [0.3, 0.4) is 0 Å². The van der Waals surface area contributed by atoms with Crippen LogP contribution in [0.25, 0.3) is 11.0 Å². The molecule has 0 saturated heterocycles. The van der Waals surface area contributed by atoms with Gasteiger partial charge in [0.25, 0.3) is 0 Å². The molecule has 2 nitrogen and oxygen atoms in total. The fourth-order valence-electron chi connectivity index (χ4n) is 1.19. The molecule has 0 amide bonds. The molecule has 74 valence electrons. The first-order valence-electron chi connectivity index (χ1n) is 5.10. The van der Waals surface area contributed by atoms with E-state index < -0.39 is 0 Å². The fourth-order valence-corrected chi connectivity index (χ4v) is 1.19. The van der Waals surface area contributed by atoms with Crippen molar-refractivity contribution >= 4 is 11.0 Å². The Labute approximate surface area is 85.0 Å². The first kappa shape index (κ1) is 10.6. The summed E-state index contributed by atoms with van der Waals surface area (Å²) in [5.74, 6) is 0. The summed E-state index contributed by atoms with van der Waals surface area (Å²) in [4.78, 5) is 8.52. The van der Waals surface area contributed by atoms with E-state index in [1.165, 1.54) is 5.56 Å². The molecule has 2 heteroatoms. The molecule has 0 atom stereocenters. The maximum Gasteiger partial charge on any atom is 0.0889 e. The standard InChI is InChI=1S/C10H10N2.C2H6/c1-2-8-6-10-9(12-7-8)4-3-5-11-10;1-2/h3-7H,2H2,1H3;1-2H3. The number of hydrogen-bond acceptors (Lipinski definition) is 2. The van der Waals surface area contributed by atoms with E-state index in [4.69, 9.17) is 0 Å². The van der Waals surface area contributed by atoms with Crippen molar-refractivity contribution in [1.82, 2.24) is 9.97 Å². The smallest absolute Gasteiger partial charge is 0.0889 e. The zero-order chi connectivity index (χ0) is 10.4. The zero-order valence-electron chi connectivity index (χ0n) is 8.99. The SMILES string of the molecule is CC.CCc1cnc2cccnc2c1. The van der Waals surface area contributed by atoms with Crippen molar-refractivity contribution in [3.05, 3.63) is 36.2 Å². The molecule has 0 unspecified atom stereocenters. The second kappa shape index (κ2) is 5.32. The minimum absolute atomic E-state index is 0.967. The molecule has 0 aliphatic heterocycles. The van der Waals surface area contributed by atoms with Crippen LogP contribution >= 0.6 is 0 Å². The van der Waals surface area contributed by atoms with Crippen LogP contribution in [0.1, 0.15) is 26.3 Å². The third-order valence-electron chi connectivity index (χ3n) is 1.92. The largest absolute Gasteiger partial charge is 0.255 e. The van der Waals surface area contributed by atoms with Crippen LogP contribution in [0.4, 0.5) is 0 Å². The van der Waals surface area contributed by atoms with E-state index in [0.717, 1.165) is 17.5 Å². The van der Waals surface area contributed by atoms with Gasteiger partial charge in [-0.25, -0.2) is 0 Å². The number of hydrogen-bond donors (Lipinski definition) is 0. The van der Waals surface area contributed by atoms with E-state index in [9.17, 15) is 0 Å². The van der Waals surface area contributed by atoms with E-state index in [2.05, 4.69) is 23.0 Å². The third-order valence-corrected chi connectivity index (χ3v) is 1.92. The molecule has 2 aromatic heterocycles. The van der Waals surface area contributed by atoms with Crippen LogP contribution in [-0.2, 0) is 6.42 Å². The summed E-state index contributed by atoms with van der Waals surface area (Å²) in [6.45, 7) is 6.12. The summed E-state index contributed by atoms with van der Waals surface area (Å²) in [5, 5.41) is 0. The Hall–Kier alpha value is -1.44. The van der Waals surface area contributed by atoms with Gasteiger partial charge in [-0.15, -0.1) is 0 Å². The Morgan fingerprint density at radius 3 is 2.64 bits per heavy atom. The van der Waals surface area contributed by atoms with Gasteiger partial charge in [0.1, 0.15) is 0 Å². The van der Waals surface area contributed by atoms with Crippen molar-refractivity contribution in [3.8, 4) is 0 Å². The summed E-state index contributed by atoms with van der Waals surface area (Å²) >= 11 is 0. The van der Waals surface area contributed by atoms with Gasteiger partial charge in [-0.3, -0.25) is 9.97 Å². The normalized spacial score (nSPS) is 9.36. The van der Waals surface area contributed by atoms with Crippen LogP contribution in [0.15, 0.2) is 30.6 Å². The average molecular weight is 188 g/mol. The van der Waals surface area contributed by atoms with Crippen molar-refractivity contribution in [2.75, 3.05) is 0 Å². The van der Waals surface area contributed by atoms with E-state index >= 15 is 0 Å². The van der Waals surface area contributed by atoms with Crippen molar-refractivity contribution in [2.24, 2.45) is 0 Å². The Kier molecular flexibility index (Phi) is 4.05. The summed E-state index contributed by atoms with van der Waals surface area (Å²) < 4.78 is 0. The molecule has 0 spiro atoms. The molecule has 0 bridgehead atoms. The molecule has 0 radical (unpaired) electrons. The van der Waals surface area contributed by atoms with Crippen molar-refractivity contribution in [2.45, 2.75) is 27.2 Å². The lowest BCUT2D eigenvalue weighted by molar-refractivity contribution is 1.11. The molecular formula is C12H16N2. The fraction of sp³-hybridized carbons (Fsp3) is 0.333. The minimum atomic E-state index is 0.967. The summed E-state index contributed by atoms with van der Waals surface area (Å²) in [6, 6.07) is 5.96. The Morgan fingerprint density at radius 2 is 1.93 bits per heavy atom. The van der Waals surface area contributed by atoms with Gasteiger partial charge in [-0.2, -0.15) is 0 Å². The Morgan fingerprint density at radius 1 is 1.14 bits per heavy atom. The zero-order valence-corrected chi connectivity index (χ0v) is 8.99. The highest BCUT2D eigenvalue weighted by Crippen LogP contribution is 2.09. The number of nitrogens with zero attached hydrogens (tertiary/aromatic N) is 2. The minimum Gasteiger partial charge on any atom is -0.255 e. The van der Waals surface area contributed by atoms with E-state index in [0.29, 0.717) is 0 Å². The third kappa shape index (κ3) is 2.28. The number of aromatic nitrogens is 2. The predicted octanol–water partition coefficient (Wildman–Crippen LogP) is 3.22. The molecule has 0 aliphatic rings. The maximum atomic E-state index is 4.29. The highest BCUT2D eigenvalue weighted by molar-refractivity contribution is 5.73. The van der Waals surface area contributed by atoms with Gasteiger partial charge >= 0.3 is 0 Å². The lowest BCUT2D eigenvalue weighted by atomic mass is 10.2. The van der Waals surface area contributed by atoms with Gasteiger partial charge in [0.15, 0.2) is 0 Å². The maximum absolute atomic E-state index is 4.29. The molecule has 0 N–H and O–H groups in total. The van der Waals surface area contributed by atoms with E-state index in [1.807, 2.05) is 32.2 Å². The van der Waals surface area contributed by atoms with Crippen LogP contribution in [0, 0.1) is 0 Å². The van der Waals surface area contributed by atoms with Crippen LogP contribution < -0.4 is 0 Å². The first-order chi connectivity index (χ1) is 6.90.